The summed E-state index contributed by atoms with van der Waals surface area (Å²) >= 11 is 0. The number of hydrogen-bond acceptors (Lipinski definition) is 3. The van der Waals surface area contributed by atoms with E-state index in [1.807, 2.05) is 60.7 Å². The average Bonchev–Trinajstić information content (AvgIpc) is 2.78. The van der Waals surface area contributed by atoms with Crippen LogP contribution in [0.2, 0.25) is 0 Å². The van der Waals surface area contributed by atoms with Crippen molar-refractivity contribution in [3.05, 3.63) is 102 Å². The van der Waals surface area contributed by atoms with Crippen LogP contribution in [0, 0.1) is 0 Å². The summed E-state index contributed by atoms with van der Waals surface area (Å²) in [5.74, 6) is 0.437. The van der Waals surface area contributed by atoms with Gasteiger partial charge in [-0.2, -0.15) is 0 Å². The van der Waals surface area contributed by atoms with E-state index in [0.717, 1.165) is 16.9 Å². The third-order valence-corrected chi connectivity index (χ3v) is 4.56. The Balaban J connectivity index is 1.62. The van der Waals surface area contributed by atoms with Gasteiger partial charge >= 0.3 is 0 Å². The average molecular weight is 388 g/mol. The molecule has 0 heterocycles. The predicted molar refractivity (Wildman–Crippen MR) is 113 cm³/mol. The molecule has 1 atom stereocenters. The Bertz CT molecular complexity index is 925. The fourth-order valence-corrected chi connectivity index (χ4v) is 3.02. The molecule has 5 nitrogen and oxygen atoms in total. The van der Waals surface area contributed by atoms with Crippen molar-refractivity contribution in [2.75, 3.05) is 13.7 Å². The summed E-state index contributed by atoms with van der Waals surface area (Å²) in [5.41, 5.74) is 2.52. The third-order valence-electron chi connectivity index (χ3n) is 4.56. The molecule has 29 heavy (non-hydrogen) atoms. The maximum atomic E-state index is 12.6. The topological polar surface area (TPSA) is 67.4 Å². The molecule has 1 unspecified atom stereocenters. The number of carbonyl (C=O) groups is 2. The molecule has 0 aromatic heterocycles. The van der Waals surface area contributed by atoms with Gasteiger partial charge in [0.2, 0.25) is 5.91 Å². The summed E-state index contributed by atoms with van der Waals surface area (Å²) < 4.78 is 5.22. The van der Waals surface area contributed by atoms with E-state index in [-0.39, 0.29) is 30.8 Å². The van der Waals surface area contributed by atoms with E-state index in [0.29, 0.717) is 5.56 Å². The van der Waals surface area contributed by atoms with E-state index in [1.54, 1.807) is 31.4 Å². The lowest BCUT2D eigenvalue weighted by atomic mass is 9.98. The van der Waals surface area contributed by atoms with Crippen LogP contribution >= 0.6 is 0 Å². The fraction of sp³-hybridized carbons (Fsp3) is 0.167. The quantitative estimate of drug-likeness (QED) is 0.618. The monoisotopic (exact) mass is 388 g/mol. The standard InChI is InChI=1S/C24H24N2O3/c1-29-21-14-12-19(13-15-21)23(18-8-4-2-5-9-18)26-22(27)16-17-25-24(28)20-10-6-3-7-11-20/h2-15,23H,16-17H2,1H3,(H,25,28)(H,26,27). The van der Waals surface area contributed by atoms with E-state index in [2.05, 4.69) is 10.6 Å². The first kappa shape index (κ1) is 20.1. The molecule has 148 valence electrons. The van der Waals surface area contributed by atoms with Crippen molar-refractivity contribution in [3.8, 4) is 5.75 Å². The lowest BCUT2D eigenvalue weighted by Gasteiger charge is -2.20. The highest BCUT2D eigenvalue weighted by molar-refractivity contribution is 5.94. The van der Waals surface area contributed by atoms with Crippen molar-refractivity contribution < 1.29 is 14.3 Å². The lowest BCUT2D eigenvalue weighted by molar-refractivity contribution is -0.121. The van der Waals surface area contributed by atoms with Gasteiger partial charge in [0.25, 0.3) is 5.91 Å². The second-order valence-corrected chi connectivity index (χ2v) is 6.56. The molecule has 0 fully saturated rings. The number of benzene rings is 3. The first-order valence-electron chi connectivity index (χ1n) is 9.49. The molecule has 0 aliphatic rings. The highest BCUT2D eigenvalue weighted by Crippen LogP contribution is 2.24. The van der Waals surface area contributed by atoms with Gasteiger partial charge in [0.15, 0.2) is 0 Å². The molecule has 0 radical (unpaired) electrons. The van der Waals surface area contributed by atoms with Crippen LogP contribution in [0.4, 0.5) is 0 Å². The molecule has 0 aliphatic carbocycles. The number of ether oxygens (including phenoxy) is 1. The number of hydrogen-bond donors (Lipinski definition) is 2. The Morgan fingerprint density at radius 3 is 2.03 bits per heavy atom. The van der Waals surface area contributed by atoms with Crippen molar-refractivity contribution in [1.82, 2.24) is 10.6 Å². The van der Waals surface area contributed by atoms with E-state index in [1.165, 1.54) is 0 Å². The molecule has 3 rings (SSSR count). The normalized spacial score (nSPS) is 11.3. The molecule has 5 heteroatoms. The first-order valence-corrected chi connectivity index (χ1v) is 9.49. The zero-order valence-corrected chi connectivity index (χ0v) is 16.3. The summed E-state index contributed by atoms with van der Waals surface area (Å²) in [7, 11) is 1.62. The Hall–Kier alpha value is -3.60. The summed E-state index contributed by atoms with van der Waals surface area (Å²) in [5, 5.41) is 5.85. The van der Waals surface area contributed by atoms with Gasteiger partial charge < -0.3 is 15.4 Å². The Labute approximate surface area is 170 Å². The second-order valence-electron chi connectivity index (χ2n) is 6.56. The number of nitrogens with one attached hydrogen (secondary N) is 2. The van der Waals surface area contributed by atoms with Gasteiger partial charge in [0.05, 0.1) is 13.2 Å². The minimum atomic E-state index is -0.278. The summed E-state index contributed by atoms with van der Waals surface area (Å²) in [6.45, 7) is 0.268. The number of amides is 2. The van der Waals surface area contributed by atoms with Gasteiger partial charge in [-0.25, -0.2) is 0 Å². The maximum absolute atomic E-state index is 12.6. The molecule has 3 aromatic rings. The SMILES string of the molecule is COc1ccc(C(NC(=O)CCNC(=O)c2ccccc2)c2ccccc2)cc1. The van der Waals surface area contributed by atoms with Crippen LogP contribution in [0.5, 0.6) is 5.75 Å². The van der Waals surface area contributed by atoms with Crippen LogP contribution in [0.15, 0.2) is 84.9 Å². The van der Waals surface area contributed by atoms with Crippen LogP contribution in [-0.2, 0) is 4.79 Å². The number of rotatable bonds is 8. The van der Waals surface area contributed by atoms with Crippen LogP contribution in [-0.4, -0.2) is 25.5 Å². The smallest absolute Gasteiger partial charge is 0.251 e. The van der Waals surface area contributed by atoms with E-state index >= 15 is 0 Å². The molecule has 0 aliphatic heterocycles. The maximum Gasteiger partial charge on any atom is 0.251 e. The van der Waals surface area contributed by atoms with Crippen molar-refractivity contribution >= 4 is 11.8 Å². The Kier molecular flexibility index (Phi) is 7.00. The van der Waals surface area contributed by atoms with Crippen molar-refractivity contribution in [2.24, 2.45) is 0 Å². The van der Waals surface area contributed by atoms with Crippen LogP contribution in [0.25, 0.3) is 0 Å². The van der Waals surface area contributed by atoms with Crippen LogP contribution < -0.4 is 15.4 Å². The van der Waals surface area contributed by atoms with Crippen LogP contribution in [0.1, 0.15) is 33.9 Å². The third kappa shape index (κ3) is 5.69. The van der Waals surface area contributed by atoms with E-state index < -0.39 is 0 Å². The van der Waals surface area contributed by atoms with Crippen LogP contribution in [0.3, 0.4) is 0 Å². The summed E-state index contributed by atoms with van der Waals surface area (Å²) in [6.07, 6.45) is 0.193. The molecule has 2 amide bonds. The first-order chi connectivity index (χ1) is 14.2. The zero-order chi connectivity index (χ0) is 20.5. The molecular formula is C24H24N2O3. The predicted octanol–water partition coefficient (Wildman–Crippen LogP) is 3.72. The molecule has 0 saturated carbocycles. The van der Waals surface area contributed by atoms with Gasteiger partial charge in [-0.15, -0.1) is 0 Å². The zero-order valence-electron chi connectivity index (χ0n) is 16.3. The van der Waals surface area contributed by atoms with Gasteiger partial charge in [0, 0.05) is 18.5 Å². The lowest BCUT2D eigenvalue weighted by Crippen LogP contribution is -2.33. The van der Waals surface area contributed by atoms with Crippen molar-refractivity contribution in [2.45, 2.75) is 12.5 Å². The van der Waals surface area contributed by atoms with E-state index in [9.17, 15) is 9.59 Å². The van der Waals surface area contributed by atoms with Gasteiger partial charge in [0.1, 0.15) is 5.75 Å². The number of methoxy groups -OCH3 is 1. The van der Waals surface area contributed by atoms with Crippen molar-refractivity contribution in [3.63, 3.8) is 0 Å². The van der Waals surface area contributed by atoms with Gasteiger partial charge in [-0.05, 0) is 35.4 Å². The summed E-state index contributed by atoms with van der Waals surface area (Å²) in [6, 6.07) is 26.1. The molecular weight excluding hydrogens is 364 g/mol. The number of carbonyl (C=O) groups excluding carboxylic acids is 2. The highest BCUT2D eigenvalue weighted by atomic mass is 16.5. The summed E-state index contributed by atoms with van der Waals surface area (Å²) in [4.78, 5) is 24.7. The molecule has 0 saturated heterocycles. The highest BCUT2D eigenvalue weighted by Gasteiger charge is 2.17. The Morgan fingerprint density at radius 1 is 0.828 bits per heavy atom. The van der Waals surface area contributed by atoms with E-state index in [4.69, 9.17) is 4.74 Å². The largest absolute Gasteiger partial charge is 0.497 e. The minimum Gasteiger partial charge on any atom is -0.497 e. The van der Waals surface area contributed by atoms with Gasteiger partial charge in [-0.1, -0.05) is 60.7 Å². The fourth-order valence-electron chi connectivity index (χ4n) is 3.02. The molecule has 0 spiro atoms. The molecule has 0 bridgehead atoms. The minimum absolute atomic E-state index is 0.136. The van der Waals surface area contributed by atoms with Gasteiger partial charge in [-0.3, -0.25) is 9.59 Å². The second kappa shape index (κ2) is 10.1. The Morgan fingerprint density at radius 2 is 1.41 bits per heavy atom. The van der Waals surface area contributed by atoms with Crippen molar-refractivity contribution in [1.29, 1.82) is 0 Å². The molecule has 2 N–H and O–H groups in total. The molecule has 3 aromatic carbocycles.